The van der Waals surface area contributed by atoms with E-state index in [0.717, 1.165) is 6.07 Å². The minimum Gasteiger partial charge on any atom is -0.399 e. The SMILES string of the molecule is Nc1cccc(CC(=O)Nc2c(F)cc(F)cc2Cl)c1. The molecule has 0 aromatic heterocycles. The molecule has 0 saturated heterocycles. The van der Waals surface area contributed by atoms with Crippen LogP contribution in [-0.4, -0.2) is 5.91 Å². The van der Waals surface area contributed by atoms with Gasteiger partial charge in [-0.2, -0.15) is 0 Å². The fraction of sp³-hybridized carbons (Fsp3) is 0.0714. The molecule has 0 spiro atoms. The second-order valence-corrected chi connectivity index (χ2v) is 4.62. The van der Waals surface area contributed by atoms with Crippen LogP contribution in [0, 0.1) is 11.6 Å². The lowest BCUT2D eigenvalue weighted by Gasteiger charge is -2.09. The highest BCUT2D eigenvalue weighted by Crippen LogP contribution is 2.26. The number of halogens is 3. The zero-order valence-electron chi connectivity index (χ0n) is 10.3. The number of nitrogens with two attached hydrogens (primary N) is 1. The zero-order valence-corrected chi connectivity index (χ0v) is 11.0. The molecule has 0 atom stereocenters. The second kappa shape index (κ2) is 5.88. The predicted octanol–water partition coefficient (Wildman–Crippen LogP) is 3.38. The Balaban J connectivity index is 2.13. The molecule has 3 N–H and O–H groups in total. The van der Waals surface area contributed by atoms with E-state index in [1.165, 1.54) is 0 Å². The molecule has 0 saturated carbocycles. The summed E-state index contributed by atoms with van der Waals surface area (Å²) in [5.41, 5.74) is 6.57. The minimum atomic E-state index is -0.920. The van der Waals surface area contributed by atoms with Gasteiger partial charge >= 0.3 is 0 Å². The van der Waals surface area contributed by atoms with Crippen LogP contribution in [-0.2, 0) is 11.2 Å². The fourth-order valence-corrected chi connectivity index (χ4v) is 1.98. The number of rotatable bonds is 3. The summed E-state index contributed by atoms with van der Waals surface area (Å²) in [6.45, 7) is 0. The Hall–Kier alpha value is -2.14. The third-order valence-corrected chi connectivity index (χ3v) is 2.89. The van der Waals surface area contributed by atoms with Gasteiger partial charge in [0.2, 0.25) is 5.91 Å². The van der Waals surface area contributed by atoms with Crippen molar-refractivity contribution in [1.82, 2.24) is 0 Å². The summed E-state index contributed by atoms with van der Waals surface area (Å²) in [6, 6.07) is 8.35. The van der Waals surface area contributed by atoms with Gasteiger partial charge in [-0.25, -0.2) is 8.78 Å². The zero-order chi connectivity index (χ0) is 14.7. The molecule has 6 heteroatoms. The van der Waals surface area contributed by atoms with E-state index < -0.39 is 17.5 Å². The summed E-state index contributed by atoms with van der Waals surface area (Å²) in [5, 5.41) is 2.13. The van der Waals surface area contributed by atoms with Gasteiger partial charge in [0.15, 0.2) is 5.82 Å². The largest absolute Gasteiger partial charge is 0.399 e. The maximum Gasteiger partial charge on any atom is 0.228 e. The van der Waals surface area contributed by atoms with E-state index >= 15 is 0 Å². The van der Waals surface area contributed by atoms with Crippen LogP contribution in [0.5, 0.6) is 0 Å². The molecule has 2 rings (SSSR count). The van der Waals surface area contributed by atoms with Gasteiger partial charge in [-0.3, -0.25) is 4.79 Å². The quantitative estimate of drug-likeness (QED) is 0.853. The molecular formula is C14H11ClF2N2O. The molecule has 0 aliphatic carbocycles. The summed E-state index contributed by atoms with van der Waals surface area (Å²) < 4.78 is 26.4. The molecule has 104 valence electrons. The van der Waals surface area contributed by atoms with Gasteiger partial charge in [-0.05, 0) is 23.8 Å². The third kappa shape index (κ3) is 3.45. The first-order chi connectivity index (χ1) is 9.45. The smallest absolute Gasteiger partial charge is 0.228 e. The molecule has 20 heavy (non-hydrogen) atoms. The number of nitrogen functional groups attached to an aromatic ring is 1. The topological polar surface area (TPSA) is 55.1 Å². The molecular weight excluding hydrogens is 286 g/mol. The maximum atomic E-state index is 13.5. The molecule has 0 aliphatic rings. The first kappa shape index (κ1) is 14.3. The van der Waals surface area contributed by atoms with Crippen molar-refractivity contribution >= 4 is 28.9 Å². The fourth-order valence-electron chi connectivity index (χ4n) is 1.73. The number of hydrogen-bond donors (Lipinski definition) is 2. The van der Waals surface area contributed by atoms with E-state index in [9.17, 15) is 13.6 Å². The number of nitrogens with one attached hydrogen (secondary N) is 1. The molecule has 2 aromatic rings. The Labute approximate surface area is 119 Å². The van der Waals surface area contributed by atoms with Gasteiger partial charge in [0.25, 0.3) is 0 Å². The molecule has 0 radical (unpaired) electrons. The second-order valence-electron chi connectivity index (χ2n) is 4.21. The predicted molar refractivity (Wildman–Crippen MR) is 74.6 cm³/mol. The first-order valence-electron chi connectivity index (χ1n) is 5.74. The van der Waals surface area contributed by atoms with Crippen LogP contribution in [0.4, 0.5) is 20.2 Å². The molecule has 1 amide bonds. The molecule has 0 unspecified atom stereocenters. The van der Waals surface area contributed by atoms with Gasteiger partial charge < -0.3 is 11.1 Å². The lowest BCUT2D eigenvalue weighted by atomic mass is 10.1. The molecule has 0 aliphatic heterocycles. The van der Waals surface area contributed by atoms with Gasteiger partial charge in [-0.1, -0.05) is 23.7 Å². The van der Waals surface area contributed by atoms with Crippen LogP contribution in [0.2, 0.25) is 5.02 Å². The number of benzene rings is 2. The van der Waals surface area contributed by atoms with Crippen molar-refractivity contribution in [3.8, 4) is 0 Å². The standard InChI is InChI=1S/C14H11ClF2N2O/c15-11-6-9(16)7-12(17)14(11)19-13(20)5-8-2-1-3-10(18)4-8/h1-4,6-7H,5,18H2,(H,19,20). The maximum absolute atomic E-state index is 13.5. The Bertz CT molecular complexity index is 638. The monoisotopic (exact) mass is 296 g/mol. The van der Waals surface area contributed by atoms with Gasteiger partial charge in [0.05, 0.1) is 17.1 Å². The Kier molecular flexibility index (Phi) is 4.20. The molecule has 3 nitrogen and oxygen atoms in total. The Morgan fingerprint density at radius 2 is 2.00 bits per heavy atom. The lowest BCUT2D eigenvalue weighted by Crippen LogP contribution is -2.16. The number of anilines is 2. The van der Waals surface area contributed by atoms with Crippen molar-refractivity contribution in [1.29, 1.82) is 0 Å². The van der Waals surface area contributed by atoms with E-state index in [4.69, 9.17) is 17.3 Å². The van der Waals surface area contributed by atoms with E-state index in [0.29, 0.717) is 17.3 Å². The van der Waals surface area contributed by atoms with Crippen molar-refractivity contribution < 1.29 is 13.6 Å². The van der Waals surface area contributed by atoms with E-state index in [1.807, 2.05) is 0 Å². The van der Waals surface area contributed by atoms with Crippen molar-refractivity contribution in [3.63, 3.8) is 0 Å². The van der Waals surface area contributed by atoms with Crippen molar-refractivity contribution in [2.75, 3.05) is 11.1 Å². The third-order valence-electron chi connectivity index (χ3n) is 2.59. The summed E-state index contributed by atoms with van der Waals surface area (Å²) in [5.74, 6) is -2.19. The van der Waals surface area contributed by atoms with Gasteiger partial charge in [-0.15, -0.1) is 0 Å². The van der Waals surface area contributed by atoms with E-state index in [1.54, 1.807) is 24.3 Å². The van der Waals surface area contributed by atoms with E-state index in [2.05, 4.69) is 5.32 Å². The van der Waals surface area contributed by atoms with Crippen molar-refractivity contribution in [2.24, 2.45) is 0 Å². The van der Waals surface area contributed by atoms with Crippen LogP contribution in [0.3, 0.4) is 0 Å². The molecule has 0 fully saturated rings. The molecule has 0 heterocycles. The van der Waals surface area contributed by atoms with Crippen LogP contribution < -0.4 is 11.1 Å². The summed E-state index contributed by atoms with van der Waals surface area (Å²) in [6.07, 6.45) is 0.0121. The number of hydrogen-bond acceptors (Lipinski definition) is 2. The molecule has 2 aromatic carbocycles. The van der Waals surface area contributed by atoms with Crippen molar-refractivity contribution in [3.05, 3.63) is 58.6 Å². The summed E-state index contributed by atoms with van der Waals surface area (Å²) in [4.78, 5) is 11.8. The van der Waals surface area contributed by atoms with E-state index in [-0.39, 0.29) is 17.1 Å². The number of carbonyl (C=O) groups excluding carboxylic acids is 1. The van der Waals surface area contributed by atoms with Crippen LogP contribution in [0.15, 0.2) is 36.4 Å². The number of carbonyl (C=O) groups is 1. The van der Waals surface area contributed by atoms with Crippen molar-refractivity contribution in [2.45, 2.75) is 6.42 Å². The Morgan fingerprint density at radius 3 is 2.65 bits per heavy atom. The normalized spacial score (nSPS) is 10.3. The highest BCUT2D eigenvalue weighted by molar-refractivity contribution is 6.33. The Morgan fingerprint density at radius 1 is 1.25 bits per heavy atom. The summed E-state index contributed by atoms with van der Waals surface area (Å²) >= 11 is 5.69. The average molecular weight is 297 g/mol. The minimum absolute atomic E-state index is 0.0121. The highest BCUT2D eigenvalue weighted by atomic mass is 35.5. The summed E-state index contributed by atoms with van der Waals surface area (Å²) in [7, 11) is 0. The average Bonchev–Trinajstić information content (AvgIpc) is 2.33. The van der Waals surface area contributed by atoms with Gasteiger partial charge in [0.1, 0.15) is 5.82 Å². The lowest BCUT2D eigenvalue weighted by molar-refractivity contribution is -0.115. The molecule has 0 bridgehead atoms. The van der Waals surface area contributed by atoms with Crippen LogP contribution in [0.1, 0.15) is 5.56 Å². The highest BCUT2D eigenvalue weighted by Gasteiger charge is 2.13. The first-order valence-corrected chi connectivity index (χ1v) is 6.12. The number of amides is 1. The van der Waals surface area contributed by atoms with Gasteiger partial charge in [0, 0.05) is 11.8 Å². The van der Waals surface area contributed by atoms with Crippen LogP contribution >= 0.6 is 11.6 Å². The van der Waals surface area contributed by atoms with Crippen LogP contribution in [0.25, 0.3) is 0 Å².